The molecule has 0 aliphatic rings. The maximum Gasteiger partial charge on any atom is 0.283 e. The molecule has 1 N–H and O–H groups in total. The van der Waals surface area contributed by atoms with Crippen LogP contribution in [-0.2, 0) is 4.79 Å². The van der Waals surface area contributed by atoms with Crippen LogP contribution in [0.1, 0.15) is 11.1 Å². The molecule has 0 aliphatic heterocycles. The summed E-state index contributed by atoms with van der Waals surface area (Å²) in [5.74, 6) is 0.836. The highest BCUT2D eigenvalue weighted by atomic mass is 16.5. The number of aromatic nitrogens is 4. The summed E-state index contributed by atoms with van der Waals surface area (Å²) in [5, 5.41) is 4.55. The molecule has 0 aliphatic carbocycles. The number of fused-ring (bicyclic) bond motifs is 1. The van der Waals surface area contributed by atoms with Gasteiger partial charge in [-0.3, -0.25) is 15.0 Å². The summed E-state index contributed by atoms with van der Waals surface area (Å²) in [6.07, 6.45) is 5.53. The van der Waals surface area contributed by atoms with Crippen LogP contribution in [0, 0.1) is 6.92 Å². The van der Waals surface area contributed by atoms with Crippen molar-refractivity contribution < 1.29 is 19.0 Å². The molecular weight excluding hydrogens is 438 g/mol. The lowest BCUT2D eigenvalue weighted by atomic mass is 10.1. The Morgan fingerprint density at radius 1 is 1.03 bits per heavy atom. The molecule has 0 saturated carbocycles. The van der Waals surface area contributed by atoms with Gasteiger partial charge in [-0.1, -0.05) is 17.7 Å². The van der Waals surface area contributed by atoms with Crippen LogP contribution in [0.3, 0.4) is 0 Å². The van der Waals surface area contributed by atoms with Crippen LogP contribution in [0.2, 0.25) is 0 Å². The molecule has 0 unspecified atom stereocenters. The lowest BCUT2D eigenvalue weighted by Crippen LogP contribution is -2.32. The first kappa shape index (κ1) is 22.6. The van der Waals surface area contributed by atoms with Crippen molar-refractivity contribution in [1.82, 2.24) is 19.4 Å². The lowest BCUT2D eigenvalue weighted by Gasteiger charge is -2.12. The zero-order valence-corrected chi connectivity index (χ0v) is 19.1. The summed E-state index contributed by atoms with van der Waals surface area (Å²) < 4.78 is 18.5. The van der Waals surface area contributed by atoms with Gasteiger partial charge in [-0.15, -0.1) is 0 Å². The lowest BCUT2D eigenvalue weighted by molar-refractivity contribution is -0.112. The van der Waals surface area contributed by atoms with Gasteiger partial charge in [0.25, 0.3) is 11.5 Å². The van der Waals surface area contributed by atoms with Crippen molar-refractivity contribution in [3.05, 3.63) is 76.5 Å². The predicted octanol–water partition coefficient (Wildman–Crippen LogP) is 2.70. The molecule has 4 aromatic rings. The summed E-state index contributed by atoms with van der Waals surface area (Å²) in [4.78, 5) is 29.6. The molecule has 10 heteroatoms. The first-order valence-electron chi connectivity index (χ1n) is 10.3. The van der Waals surface area contributed by atoms with E-state index in [2.05, 4.69) is 15.5 Å². The number of ether oxygens (including phenoxy) is 3. The molecule has 0 radical (unpaired) electrons. The van der Waals surface area contributed by atoms with Crippen LogP contribution < -0.4 is 25.2 Å². The number of hydrogen-bond donors (Lipinski definition) is 1. The quantitative estimate of drug-likeness (QED) is 0.422. The summed E-state index contributed by atoms with van der Waals surface area (Å²) in [6.45, 7) is 1.99. The zero-order chi connectivity index (χ0) is 24.2. The number of methoxy groups -OCH3 is 3. The standard InChI is InChI=1S/C24H23N5O5/c1-15-5-8-17(9-6-15)29-23-18(13-26-29)24(31)28(14-25-23)27-21(30)10-7-16-11-19(32-2)22(34-4)20(12-16)33-3/h5-14H,1-4H3,(H,27,30)/b10-7+. The second kappa shape index (κ2) is 9.49. The van der Waals surface area contributed by atoms with Gasteiger partial charge in [-0.05, 0) is 42.8 Å². The first-order chi connectivity index (χ1) is 16.4. The Bertz CT molecular complexity index is 1410. The molecule has 10 nitrogen and oxygen atoms in total. The summed E-state index contributed by atoms with van der Waals surface area (Å²) in [5.41, 5.74) is 4.98. The second-order valence-corrected chi connectivity index (χ2v) is 7.32. The van der Waals surface area contributed by atoms with Gasteiger partial charge in [0.05, 0.1) is 33.2 Å². The number of carbonyl (C=O) groups is 1. The van der Waals surface area contributed by atoms with E-state index in [1.165, 1.54) is 39.9 Å². The van der Waals surface area contributed by atoms with Crippen molar-refractivity contribution in [2.75, 3.05) is 26.8 Å². The molecule has 2 aromatic heterocycles. The third-order valence-corrected chi connectivity index (χ3v) is 5.11. The van der Waals surface area contributed by atoms with Crippen LogP contribution in [0.4, 0.5) is 0 Å². The van der Waals surface area contributed by atoms with Gasteiger partial charge in [0.15, 0.2) is 17.1 Å². The molecule has 34 heavy (non-hydrogen) atoms. The minimum Gasteiger partial charge on any atom is -0.493 e. The van der Waals surface area contributed by atoms with Crippen LogP contribution in [0.5, 0.6) is 17.2 Å². The zero-order valence-electron chi connectivity index (χ0n) is 19.1. The predicted molar refractivity (Wildman–Crippen MR) is 127 cm³/mol. The fourth-order valence-corrected chi connectivity index (χ4v) is 3.39. The maximum atomic E-state index is 12.9. The van der Waals surface area contributed by atoms with E-state index in [1.807, 2.05) is 31.2 Å². The molecule has 0 bridgehead atoms. The number of nitrogens with zero attached hydrogens (tertiary/aromatic N) is 4. The molecule has 0 saturated heterocycles. The SMILES string of the molecule is COc1cc(/C=C/C(=O)Nn2cnc3c(cnn3-c3ccc(C)cc3)c2=O)cc(OC)c1OC. The highest BCUT2D eigenvalue weighted by Gasteiger charge is 2.14. The summed E-state index contributed by atoms with van der Waals surface area (Å²) in [7, 11) is 4.53. The van der Waals surface area contributed by atoms with Crippen molar-refractivity contribution in [1.29, 1.82) is 0 Å². The molecule has 0 fully saturated rings. The van der Waals surface area contributed by atoms with Crippen molar-refractivity contribution >= 4 is 23.0 Å². The summed E-state index contributed by atoms with van der Waals surface area (Å²) in [6, 6.07) is 11.1. The van der Waals surface area contributed by atoms with Crippen molar-refractivity contribution in [3.8, 4) is 22.9 Å². The number of carbonyl (C=O) groups excluding carboxylic acids is 1. The van der Waals surface area contributed by atoms with Crippen molar-refractivity contribution in [2.45, 2.75) is 6.92 Å². The molecule has 2 heterocycles. The van der Waals surface area contributed by atoms with E-state index >= 15 is 0 Å². The fraction of sp³-hybridized carbons (Fsp3) is 0.167. The minimum atomic E-state index is -0.525. The normalized spacial score (nSPS) is 11.1. The van der Waals surface area contributed by atoms with Gasteiger partial charge in [0, 0.05) is 6.08 Å². The van der Waals surface area contributed by atoms with Crippen molar-refractivity contribution in [3.63, 3.8) is 0 Å². The molecule has 2 aromatic carbocycles. The van der Waals surface area contributed by atoms with E-state index < -0.39 is 11.5 Å². The molecule has 1 amide bonds. The maximum absolute atomic E-state index is 12.9. The molecule has 0 atom stereocenters. The van der Waals surface area contributed by atoms with Crippen LogP contribution in [0.15, 0.2) is 59.8 Å². The smallest absolute Gasteiger partial charge is 0.283 e. The van der Waals surface area contributed by atoms with E-state index in [0.29, 0.717) is 28.5 Å². The topological polar surface area (TPSA) is 110 Å². The molecule has 4 rings (SSSR count). The minimum absolute atomic E-state index is 0.275. The summed E-state index contributed by atoms with van der Waals surface area (Å²) >= 11 is 0. The fourth-order valence-electron chi connectivity index (χ4n) is 3.39. The van der Waals surface area contributed by atoms with E-state index in [1.54, 1.807) is 22.9 Å². The number of rotatable bonds is 7. The van der Waals surface area contributed by atoms with Crippen LogP contribution in [0.25, 0.3) is 22.8 Å². The monoisotopic (exact) mass is 461 g/mol. The van der Waals surface area contributed by atoms with Gasteiger partial charge in [0.1, 0.15) is 11.7 Å². The largest absolute Gasteiger partial charge is 0.493 e. The number of benzene rings is 2. The third-order valence-electron chi connectivity index (χ3n) is 5.11. The number of nitrogens with one attached hydrogen (secondary N) is 1. The molecule has 174 valence electrons. The first-order valence-corrected chi connectivity index (χ1v) is 10.3. The number of amides is 1. The van der Waals surface area contributed by atoms with Crippen LogP contribution >= 0.6 is 0 Å². The van der Waals surface area contributed by atoms with Gasteiger partial charge >= 0.3 is 0 Å². The Hall–Kier alpha value is -4.60. The molecule has 0 spiro atoms. The van der Waals surface area contributed by atoms with Gasteiger partial charge in [0.2, 0.25) is 5.75 Å². The van der Waals surface area contributed by atoms with Gasteiger partial charge in [-0.25, -0.2) is 14.3 Å². The Labute approximate surface area is 195 Å². The van der Waals surface area contributed by atoms with Crippen molar-refractivity contribution in [2.24, 2.45) is 0 Å². The van der Waals surface area contributed by atoms with E-state index in [4.69, 9.17) is 14.2 Å². The van der Waals surface area contributed by atoms with E-state index in [9.17, 15) is 9.59 Å². The Kier molecular flexibility index (Phi) is 6.30. The average Bonchev–Trinajstić information content (AvgIpc) is 3.29. The number of hydrogen-bond acceptors (Lipinski definition) is 7. The number of aryl methyl sites for hydroxylation is 1. The Balaban J connectivity index is 1.57. The van der Waals surface area contributed by atoms with Crippen LogP contribution in [-0.4, -0.2) is 46.7 Å². The Morgan fingerprint density at radius 3 is 2.32 bits per heavy atom. The van der Waals surface area contributed by atoms with Gasteiger partial charge in [-0.2, -0.15) is 5.10 Å². The third kappa shape index (κ3) is 4.33. The van der Waals surface area contributed by atoms with E-state index in [-0.39, 0.29) is 5.39 Å². The molecular formula is C24H23N5O5. The highest BCUT2D eigenvalue weighted by Crippen LogP contribution is 2.38. The Morgan fingerprint density at radius 2 is 1.71 bits per heavy atom. The highest BCUT2D eigenvalue weighted by molar-refractivity contribution is 5.97. The van der Waals surface area contributed by atoms with Gasteiger partial charge < -0.3 is 14.2 Å². The second-order valence-electron chi connectivity index (χ2n) is 7.32. The van der Waals surface area contributed by atoms with E-state index in [0.717, 1.165) is 15.9 Å². The average molecular weight is 461 g/mol.